The number of carbonyl (C=O) groups excluding carboxylic acids is 2. The highest BCUT2D eigenvalue weighted by molar-refractivity contribution is 7.89. The summed E-state index contributed by atoms with van der Waals surface area (Å²) in [5, 5.41) is 2.72. The quantitative estimate of drug-likeness (QED) is 0.680. The number of amides is 1. The van der Waals surface area contributed by atoms with Crippen LogP contribution < -0.4 is 5.32 Å². The lowest BCUT2D eigenvalue weighted by molar-refractivity contribution is -0.124. The molecule has 1 aliphatic rings. The molecule has 1 saturated heterocycles. The number of nitrogens with zero attached hydrogens (tertiary/aromatic N) is 1. The average molecular weight is 425 g/mol. The van der Waals surface area contributed by atoms with E-state index in [0.717, 1.165) is 19.3 Å². The molecular weight excluding hydrogens is 392 g/mol. The summed E-state index contributed by atoms with van der Waals surface area (Å²) in [6.45, 7) is 9.98. The Morgan fingerprint density at radius 3 is 2.45 bits per heavy atom. The number of hydrogen-bond donors (Lipinski definition) is 1. The predicted molar refractivity (Wildman–Crippen MR) is 111 cm³/mol. The molecule has 0 bridgehead atoms. The maximum absolute atomic E-state index is 13.2. The second-order valence-corrected chi connectivity index (χ2v) is 9.86. The number of hydrogen-bond acceptors (Lipinski definition) is 5. The molecule has 0 spiro atoms. The number of piperidine rings is 1. The van der Waals surface area contributed by atoms with Crippen LogP contribution in [-0.2, 0) is 19.6 Å². The summed E-state index contributed by atoms with van der Waals surface area (Å²) in [5.74, 6) is -0.588. The number of esters is 1. The fourth-order valence-corrected chi connectivity index (χ4v) is 5.00. The third kappa shape index (κ3) is 5.79. The van der Waals surface area contributed by atoms with Crippen molar-refractivity contribution in [3.63, 3.8) is 0 Å². The van der Waals surface area contributed by atoms with Gasteiger partial charge in [0.05, 0.1) is 10.5 Å². The zero-order chi connectivity index (χ0) is 21.8. The van der Waals surface area contributed by atoms with Crippen LogP contribution in [0.3, 0.4) is 0 Å². The van der Waals surface area contributed by atoms with Gasteiger partial charge in [0, 0.05) is 19.1 Å². The molecule has 7 nitrogen and oxygen atoms in total. The minimum absolute atomic E-state index is 0.00757. The molecule has 29 heavy (non-hydrogen) atoms. The van der Waals surface area contributed by atoms with Crippen molar-refractivity contribution >= 4 is 21.9 Å². The first-order valence-electron chi connectivity index (χ1n) is 10.1. The maximum Gasteiger partial charge on any atom is 0.338 e. The van der Waals surface area contributed by atoms with Crippen LogP contribution >= 0.6 is 0 Å². The standard InChI is InChI=1S/C21H32N2O5S/c1-6-16(4)22-20(24)13-28-21(25)18-11-15(3)17(5)19(12-18)29(26,27)23-9-7-14(2)8-10-23/h11-12,14,16H,6-10,13H2,1-5H3,(H,22,24). The van der Waals surface area contributed by atoms with Gasteiger partial charge in [-0.25, -0.2) is 13.2 Å². The van der Waals surface area contributed by atoms with Gasteiger partial charge in [0.15, 0.2) is 6.61 Å². The topological polar surface area (TPSA) is 92.8 Å². The number of carbonyl (C=O) groups is 2. The van der Waals surface area contributed by atoms with Gasteiger partial charge in [-0.05, 0) is 69.2 Å². The lowest BCUT2D eigenvalue weighted by atomic mass is 10.0. The zero-order valence-electron chi connectivity index (χ0n) is 17.9. The first-order valence-corrected chi connectivity index (χ1v) is 11.6. The van der Waals surface area contributed by atoms with E-state index in [9.17, 15) is 18.0 Å². The van der Waals surface area contributed by atoms with Gasteiger partial charge < -0.3 is 10.1 Å². The fourth-order valence-electron chi connectivity index (χ4n) is 3.21. The van der Waals surface area contributed by atoms with E-state index in [1.165, 1.54) is 10.4 Å². The Hall–Kier alpha value is -1.93. The highest BCUT2D eigenvalue weighted by atomic mass is 32.2. The van der Waals surface area contributed by atoms with Crippen molar-refractivity contribution in [1.82, 2.24) is 9.62 Å². The van der Waals surface area contributed by atoms with Gasteiger partial charge in [-0.2, -0.15) is 4.31 Å². The van der Waals surface area contributed by atoms with Crippen LogP contribution in [0.15, 0.2) is 17.0 Å². The minimum atomic E-state index is -3.70. The van der Waals surface area contributed by atoms with E-state index in [0.29, 0.717) is 30.1 Å². The summed E-state index contributed by atoms with van der Waals surface area (Å²) in [6.07, 6.45) is 2.42. The van der Waals surface area contributed by atoms with Crippen molar-refractivity contribution in [2.24, 2.45) is 5.92 Å². The molecule has 162 valence electrons. The highest BCUT2D eigenvalue weighted by Gasteiger charge is 2.30. The van der Waals surface area contributed by atoms with Gasteiger partial charge >= 0.3 is 5.97 Å². The van der Waals surface area contributed by atoms with Gasteiger partial charge in [0.2, 0.25) is 10.0 Å². The molecular formula is C21H32N2O5S. The Morgan fingerprint density at radius 2 is 1.86 bits per heavy atom. The van der Waals surface area contributed by atoms with Crippen LogP contribution in [0, 0.1) is 19.8 Å². The molecule has 1 heterocycles. The lowest BCUT2D eigenvalue weighted by Gasteiger charge is -2.30. The summed E-state index contributed by atoms with van der Waals surface area (Å²) in [4.78, 5) is 24.4. The van der Waals surface area contributed by atoms with E-state index in [1.807, 2.05) is 13.8 Å². The molecule has 0 aliphatic carbocycles. The highest BCUT2D eigenvalue weighted by Crippen LogP contribution is 2.28. The first-order chi connectivity index (χ1) is 13.6. The normalized spacial score (nSPS) is 17.0. The lowest BCUT2D eigenvalue weighted by Crippen LogP contribution is -2.38. The number of nitrogens with one attached hydrogen (secondary N) is 1. The SMILES string of the molecule is CCC(C)NC(=O)COC(=O)c1cc(C)c(C)c(S(=O)(=O)N2CCC(C)CC2)c1. The number of aryl methyl sites for hydroxylation is 1. The Kier molecular flexibility index (Phi) is 7.82. The van der Waals surface area contributed by atoms with E-state index in [4.69, 9.17) is 4.74 Å². The smallest absolute Gasteiger partial charge is 0.338 e. The van der Waals surface area contributed by atoms with Gasteiger partial charge in [-0.1, -0.05) is 13.8 Å². The van der Waals surface area contributed by atoms with Crippen molar-refractivity contribution < 1.29 is 22.7 Å². The molecule has 2 rings (SSSR count). The van der Waals surface area contributed by atoms with Crippen molar-refractivity contribution in [3.05, 3.63) is 28.8 Å². The molecule has 1 aliphatic heterocycles. The Balaban J connectivity index is 2.20. The molecule has 1 aromatic carbocycles. The summed E-state index contributed by atoms with van der Waals surface area (Å²) in [7, 11) is -3.70. The van der Waals surface area contributed by atoms with E-state index in [-0.39, 0.29) is 22.4 Å². The fraction of sp³-hybridized carbons (Fsp3) is 0.619. The van der Waals surface area contributed by atoms with Crippen molar-refractivity contribution in [1.29, 1.82) is 0 Å². The van der Waals surface area contributed by atoms with E-state index < -0.39 is 22.6 Å². The number of benzene rings is 1. The number of sulfonamides is 1. The minimum Gasteiger partial charge on any atom is -0.452 e. The zero-order valence-corrected chi connectivity index (χ0v) is 18.8. The molecule has 1 aromatic rings. The molecule has 0 radical (unpaired) electrons. The van der Waals surface area contributed by atoms with Crippen molar-refractivity contribution in [2.75, 3.05) is 19.7 Å². The van der Waals surface area contributed by atoms with Gasteiger partial charge in [0.1, 0.15) is 0 Å². The average Bonchev–Trinajstić information content (AvgIpc) is 2.68. The monoisotopic (exact) mass is 424 g/mol. The van der Waals surface area contributed by atoms with E-state index in [1.54, 1.807) is 19.9 Å². The molecule has 0 saturated carbocycles. The van der Waals surface area contributed by atoms with Gasteiger partial charge in [-0.15, -0.1) is 0 Å². The second kappa shape index (κ2) is 9.71. The second-order valence-electron chi connectivity index (χ2n) is 7.96. The molecule has 0 aromatic heterocycles. The van der Waals surface area contributed by atoms with Crippen LogP contribution in [0.2, 0.25) is 0 Å². The van der Waals surface area contributed by atoms with Gasteiger partial charge in [-0.3, -0.25) is 4.79 Å². The van der Waals surface area contributed by atoms with Crippen LogP contribution in [0.5, 0.6) is 0 Å². The summed E-state index contributed by atoms with van der Waals surface area (Å²) in [5.41, 5.74) is 1.44. The van der Waals surface area contributed by atoms with E-state index in [2.05, 4.69) is 12.2 Å². The number of rotatable bonds is 7. The summed E-state index contributed by atoms with van der Waals surface area (Å²) in [6, 6.07) is 2.96. The summed E-state index contributed by atoms with van der Waals surface area (Å²) >= 11 is 0. The Labute approximate surface area is 173 Å². The van der Waals surface area contributed by atoms with Gasteiger partial charge in [0.25, 0.3) is 5.91 Å². The first kappa shape index (κ1) is 23.3. The van der Waals surface area contributed by atoms with Crippen LogP contribution in [0.4, 0.5) is 0 Å². The van der Waals surface area contributed by atoms with Crippen LogP contribution in [-0.4, -0.2) is 50.3 Å². The Morgan fingerprint density at radius 1 is 1.24 bits per heavy atom. The third-order valence-corrected chi connectivity index (χ3v) is 7.59. The molecule has 1 N–H and O–H groups in total. The largest absolute Gasteiger partial charge is 0.452 e. The van der Waals surface area contributed by atoms with Crippen LogP contribution in [0.1, 0.15) is 61.5 Å². The Bertz CT molecular complexity index is 858. The molecule has 1 fully saturated rings. The predicted octanol–water partition coefficient (Wildman–Crippen LogP) is 2.80. The third-order valence-electron chi connectivity index (χ3n) is 5.57. The molecule has 1 unspecified atom stereocenters. The van der Waals surface area contributed by atoms with Crippen molar-refractivity contribution in [3.8, 4) is 0 Å². The molecule has 1 amide bonds. The maximum atomic E-state index is 13.2. The van der Waals surface area contributed by atoms with Crippen LogP contribution in [0.25, 0.3) is 0 Å². The van der Waals surface area contributed by atoms with Crippen molar-refractivity contribution in [2.45, 2.75) is 64.8 Å². The molecule has 1 atom stereocenters. The number of ether oxygens (including phenoxy) is 1. The van der Waals surface area contributed by atoms with E-state index >= 15 is 0 Å². The molecule has 8 heteroatoms. The summed E-state index contributed by atoms with van der Waals surface area (Å²) < 4.78 is 32.9.